The van der Waals surface area contributed by atoms with Crippen molar-refractivity contribution in [2.75, 3.05) is 28.7 Å². The number of hydrogen-bond donors (Lipinski definition) is 2. The molecule has 1 aliphatic rings. The Kier molecular flexibility index (Phi) is 5.53. The van der Waals surface area contributed by atoms with Gasteiger partial charge in [0.1, 0.15) is 17.5 Å². The molecule has 0 amide bonds. The number of hydrogen-bond acceptors (Lipinski definition) is 6. The highest BCUT2D eigenvalue weighted by Gasteiger charge is 2.28. The largest absolute Gasteiger partial charge is 0.370 e. The molecule has 0 aliphatic carbocycles. The molecular formula is C18H24N4O2S. The van der Waals surface area contributed by atoms with Crippen LogP contribution in [0.1, 0.15) is 24.2 Å². The van der Waals surface area contributed by atoms with Crippen LogP contribution in [0, 0.1) is 6.92 Å². The Balaban J connectivity index is 1.52. The van der Waals surface area contributed by atoms with E-state index in [0.717, 1.165) is 25.2 Å². The zero-order chi connectivity index (χ0) is 17.7. The maximum Gasteiger partial charge on any atom is 0.152 e. The number of rotatable bonds is 7. The van der Waals surface area contributed by atoms with Gasteiger partial charge in [-0.15, -0.1) is 0 Å². The van der Waals surface area contributed by atoms with Gasteiger partial charge in [0.05, 0.1) is 11.5 Å². The van der Waals surface area contributed by atoms with Gasteiger partial charge in [-0.05, 0) is 31.7 Å². The van der Waals surface area contributed by atoms with Crippen LogP contribution in [0.25, 0.3) is 0 Å². The third-order valence-corrected chi connectivity index (χ3v) is 5.98. The van der Waals surface area contributed by atoms with Crippen LogP contribution < -0.4 is 10.6 Å². The van der Waals surface area contributed by atoms with Gasteiger partial charge >= 0.3 is 0 Å². The zero-order valence-corrected chi connectivity index (χ0v) is 15.2. The molecule has 0 bridgehead atoms. The predicted octanol–water partition coefficient (Wildman–Crippen LogP) is 2.43. The number of aryl methyl sites for hydroxylation is 2. The molecule has 1 fully saturated rings. The van der Waals surface area contributed by atoms with Crippen molar-refractivity contribution in [3.05, 3.63) is 47.8 Å². The molecule has 7 heteroatoms. The van der Waals surface area contributed by atoms with Crippen LogP contribution in [0.5, 0.6) is 0 Å². The Bertz CT molecular complexity index is 809. The molecule has 1 aromatic carbocycles. The number of sulfone groups is 1. The second-order valence-corrected chi connectivity index (χ2v) is 8.67. The molecule has 1 aromatic heterocycles. The maximum atomic E-state index is 11.6. The number of aromatic nitrogens is 2. The molecule has 1 saturated heterocycles. The van der Waals surface area contributed by atoms with Crippen molar-refractivity contribution < 1.29 is 8.42 Å². The lowest BCUT2D eigenvalue weighted by Crippen LogP contribution is -2.21. The summed E-state index contributed by atoms with van der Waals surface area (Å²) in [5.41, 5.74) is 1.33. The van der Waals surface area contributed by atoms with Crippen molar-refractivity contribution in [2.24, 2.45) is 0 Å². The molecule has 0 saturated carbocycles. The molecule has 134 valence electrons. The Hall–Kier alpha value is -2.15. The van der Waals surface area contributed by atoms with Gasteiger partial charge in [-0.25, -0.2) is 18.4 Å². The van der Waals surface area contributed by atoms with Crippen LogP contribution in [-0.2, 0) is 16.3 Å². The lowest BCUT2D eigenvalue weighted by Gasteiger charge is -2.13. The molecule has 1 aliphatic heterocycles. The number of benzene rings is 1. The number of nitrogens with zero attached hydrogens (tertiary/aromatic N) is 2. The van der Waals surface area contributed by atoms with Gasteiger partial charge < -0.3 is 10.6 Å². The Morgan fingerprint density at radius 3 is 2.64 bits per heavy atom. The topological polar surface area (TPSA) is 84.0 Å². The van der Waals surface area contributed by atoms with E-state index in [-0.39, 0.29) is 17.5 Å². The molecule has 6 nitrogen and oxygen atoms in total. The van der Waals surface area contributed by atoms with Crippen molar-refractivity contribution >= 4 is 21.5 Å². The summed E-state index contributed by atoms with van der Waals surface area (Å²) in [6.07, 6.45) is 2.66. The summed E-state index contributed by atoms with van der Waals surface area (Å²) in [7, 11) is -2.90. The summed E-state index contributed by atoms with van der Waals surface area (Å²) in [5, 5.41) is 6.55. The first-order valence-corrected chi connectivity index (χ1v) is 10.4. The first-order chi connectivity index (χ1) is 12.0. The fourth-order valence-electron chi connectivity index (χ4n) is 3.00. The molecule has 2 heterocycles. The van der Waals surface area contributed by atoms with Crippen molar-refractivity contribution in [2.45, 2.75) is 32.2 Å². The Morgan fingerprint density at radius 1 is 1.16 bits per heavy atom. The lowest BCUT2D eigenvalue weighted by atomic mass is 10.1. The lowest BCUT2D eigenvalue weighted by molar-refractivity contribution is 0.602. The third kappa shape index (κ3) is 5.42. The van der Waals surface area contributed by atoms with Crippen LogP contribution in [0.15, 0.2) is 36.4 Å². The fraction of sp³-hybridized carbons (Fsp3) is 0.444. The van der Waals surface area contributed by atoms with Crippen LogP contribution in [-0.4, -0.2) is 42.5 Å². The van der Waals surface area contributed by atoms with E-state index in [1.165, 1.54) is 5.56 Å². The van der Waals surface area contributed by atoms with Crippen LogP contribution in [0.2, 0.25) is 0 Å². The number of nitrogens with one attached hydrogen (secondary N) is 2. The molecule has 0 radical (unpaired) electrons. The van der Waals surface area contributed by atoms with Crippen LogP contribution in [0.4, 0.5) is 11.6 Å². The number of anilines is 2. The second-order valence-electron chi connectivity index (χ2n) is 6.45. The van der Waals surface area contributed by atoms with Gasteiger partial charge in [-0.2, -0.15) is 0 Å². The monoisotopic (exact) mass is 360 g/mol. The van der Waals surface area contributed by atoms with Gasteiger partial charge in [0.25, 0.3) is 0 Å². The summed E-state index contributed by atoms with van der Waals surface area (Å²) >= 11 is 0. The smallest absolute Gasteiger partial charge is 0.152 e. The van der Waals surface area contributed by atoms with Crippen LogP contribution in [0.3, 0.4) is 0 Å². The summed E-state index contributed by atoms with van der Waals surface area (Å²) in [5.74, 6) is 2.54. The molecule has 3 rings (SSSR count). The van der Waals surface area contributed by atoms with E-state index < -0.39 is 9.84 Å². The summed E-state index contributed by atoms with van der Waals surface area (Å²) in [4.78, 5) is 8.76. The molecule has 25 heavy (non-hydrogen) atoms. The SMILES string of the molecule is Cc1nc(NCCCc2ccccc2)cc(NC2CCS(=O)(=O)C2)n1. The second kappa shape index (κ2) is 7.82. The third-order valence-electron chi connectivity index (χ3n) is 4.21. The molecule has 1 atom stereocenters. The Labute approximate surface area is 149 Å². The minimum absolute atomic E-state index is 0.0646. The van der Waals surface area contributed by atoms with Gasteiger partial charge in [0.2, 0.25) is 0 Å². The maximum absolute atomic E-state index is 11.6. The molecule has 0 spiro atoms. The highest BCUT2D eigenvalue weighted by atomic mass is 32.2. The van der Waals surface area contributed by atoms with E-state index >= 15 is 0 Å². The fourth-order valence-corrected chi connectivity index (χ4v) is 4.68. The van der Waals surface area contributed by atoms with E-state index in [0.29, 0.717) is 18.1 Å². The first kappa shape index (κ1) is 17.7. The summed E-state index contributed by atoms with van der Waals surface area (Å²) < 4.78 is 23.1. The minimum Gasteiger partial charge on any atom is -0.370 e. The van der Waals surface area contributed by atoms with Gasteiger partial charge in [-0.1, -0.05) is 30.3 Å². The van der Waals surface area contributed by atoms with E-state index in [9.17, 15) is 8.42 Å². The van der Waals surface area contributed by atoms with Crippen molar-refractivity contribution in [1.82, 2.24) is 9.97 Å². The molecule has 1 unspecified atom stereocenters. The standard InChI is InChI=1S/C18H24N4O2S/c1-14-20-17(19-10-5-8-15-6-3-2-4-7-15)12-18(21-14)22-16-9-11-25(23,24)13-16/h2-4,6-7,12,16H,5,8-11,13H2,1H3,(H2,19,20,21,22). The van der Waals surface area contributed by atoms with Gasteiger partial charge in [0.15, 0.2) is 9.84 Å². The molecular weight excluding hydrogens is 336 g/mol. The van der Waals surface area contributed by atoms with Crippen molar-refractivity contribution in [1.29, 1.82) is 0 Å². The van der Waals surface area contributed by atoms with E-state index in [1.807, 2.05) is 19.1 Å². The minimum atomic E-state index is -2.90. The quantitative estimate of drug-likeness (QED) is 0.738. The average Bonchev–Trinajstić information content (AvgIpc) is 2.91. The van der Waals surface area contributed by atoms with E-state index in [4.69, 9.17) is 0 Å². The van der Waals surface area contributed by atoms with Crippen molar-refractivity contribution in [3.63, 3.8) is 0 Å². The summed E-state index contributed by atoms with van der Waals surface area (Å²) in [6.45, 7) is 2.66. The first-order valence-electron chi connectivity index (χ1n) is 8.61. The van der Waals surface area contributed by atoms with Crippen LogP contribution >= 0.6 is 0 Å². The molecule has 2 N–H and O–H groups in total. The van der Waals surface area contributed by atoms with Gasteiger partial charge in [0, 0.05) is 18.7 Å². The molecule has 2 aromatic rings. The van der Waals surface area contributed by atoms with Crippen molar-refractivity contribution in [3.8, 4) is 0 Å². The normalized spacial score (nSPS) is 18.8. The average molecular weight is 360 g/mol. The van der Waals surface area contributed by atoms with E-state index in [2.05, 4.69) is 44.9 Å². The highest BCUT2D eigenvalue weighted by molar-refractivity contribution is 7.91. The summed E-state index contributed by atoms with van der Waals surface area (Å²) in [6, 6.07) is 12.2. The van der Waals surface area contributed by atoms with E-state index in [1.54, 1.807) is 0 Å². The highest BCUT2D eigenvalue weighted by Crippen LogP contribution is 2.18. The Morgan fingerprint density at radius 2 is 1.92 bits per heavy atom. The predicted molar refractivity (Wildman–Crippen MR) is 101 cm³/mol. The van der Waals surface area contributed by atoms with Gasteiger partial charge in [-0.3, -0.25) is 0 Å². The zero-order valence-electron chi connectivity index (χ0n) is 14.4.